The van der Waals surface area contributed by atoms with Gasteiger partial charge in [-0.05, 0) is 68.1 Å². The summed E-state index contributed by atoms with van der Waals surface area (Å²) in [6, 6.07) is 8.63. The van der Waals surface area contributed by atoms with E-state index in [-0.39, 0.29) is 0 Å². The van der Waals surface area contributed by atoms with Gasteiger partial charge in [0.25, 0.3) is 0 Å². The van der Waals surface area contributed by atoms with Gasteiger partial charge in [0.1, 0.15) is 5.75 Å². The largest absolute Gasteiger partial charge is 0.494 e. The molecular formula is C19H27FO. The van der Waals surface area contributed by atoms with Crippen molar-refractivity contribution in [3.8, 4) is 5.75 Å². The summed E-state index contributed by atoms with van der Waals surface area (Å²) >= 11 is 0. The highest BCUT2D eigenvalue weighted by Crippen LogP contribution is 2.37. The molecule has 0 radical (unpaired) electrons. The summed E-state index contributed by atoms with van der Waals surface area (Å²) in [5, 5.41) is 0. The first-order valence-corrected chi connectivity index (χ1v) is 8.31. The third-order valence-corrected chi connectivity index (χ3v) is 4.52. The molecule has 1 saturated carbocycles. The molecule has 0 atom stereocenters. The van der Waals surface area contributed by atoms with Gasteiger partial charge in [-0.3, -0.25) is 0 Å². The molecule has 116 valence electrons. The molecule has 0 amide bonds. The maximum atomic E-state index is 12.0. The third kappa shape index (κ3) is 5.18. The molecule has 1 aliphatic carbocycles. The van der Waals surface area contributed by atoms with E-state index < -0.39 is 0 Å². The Morgan fingerprint density at radius 3 is 2.48 bits per heavy atom. The maximum Gasteiger partial charge on any atom is 0.119 e. The van der Waals surface area contributed by atoms with E-state index in [1.807, 2.05) is 0 Å². The Hall–Kier alpha value is -1.31. The summed E-state index contributed by atoms with van der Waals surface area (Å²) in [7, 11) is 0. The van der Waals surface area contributed by atoms with E-state index in [0.717, 1.165) is 25.2 Å². The molecule has 1 aromatic rings. The van der Waals surface area contributed by atoms with Crippen LogP contribution >= 0.6 is 0 Å². The number of ether oxygens (including phenoxy) is 1. The first-order valence-electron chi connectivity index (χ1n) is 8.31. The van der Waals surface area contributed by atoms with Crippen molar-refractivity contribution in [2.75, 3.05) is 6.61 Å². The van der Waals surface area contributed by atoms with Gasteiger partial charge >= 0.3 is 0 Å². The van der Waals surface area contributed by atoms with Gasteiger partial charge in [-0.2, -0.15) is 0 Å². The van der Waals surface area contributed by atoms with Gasteiger partial charge in [0.05, 0.1) is 12.9 Å². The van der Waals surface area contributed by atoms with Gasteiger partial charge in [-0.1, -0.05) is 31.6 Å². The SMILES string of the molecule is CCCCOc1ccc(C2CCC(C/C=C/F)CC2)cc1. The van der Waals surface area contributed by atoms with Crippen molar-refractivity contribution in [2.45, 2.75) is 57.8 Å². The van der Waals surface area contributed by atoms with E-state index in [1.54, 1.807) is 6.08 Å². The van der Waals surface area contributed by atoms with Crippen molar-refractivity contribution in [1.29, 1.82) is 0 Å². The normalized spacial score (nSPS) is 22.6. The lowest BCUT2D eigenvalue weighted by molar-refractivity contribution is 0.308. The minimum atomic E-state index is 0.667. The Balaban J connectivity index is 1.80. The van der Waals surface area contributed by atoms with E-state index in [9.17, 15) is 4.39 Å². The third-order valence-electron chi connectivity index (χ3n) is 4.52. The molecular weight excluding hydrogens is 263 g/mol. The van der Waals surface area contributed by atoms with Crippen LogP contribution in [0.15, 0.2) is 36.7 Å². The van der Waals surface area contributed by atoms with E-state index in [0.29, 0.717) is 18.2 Å². The predicted molar refractivity (Wildman–Crippen MR) is 86.4 cm³/mol. The van der Waals surface area contributed by atoms with Crippen LogP contribution in [0.2, 0.25) is 0 Å². The molecule has 0 saturated heterocycles. The number of unbranched alkanes of at least 4 members (excludes halogenated alkanes) is 1. The summed E-state index contributed by atoms with van der Waals surface area (Å²) in [4.78, 5) is 0. The molecule has 2 rings (SSSR count). The lowest BCUT2D eigenvalue weighted by atomic mass is 9.77. The number of rotatable bonds is 7. The number of hydrogen-bond acceptors (Lipinski definition) is 1. The van der Waals surface area contributed by atoms with Crippen LogP contribution in [0.4, 0.5) is 4.39 Å². The summed E-state index contributed by atoms with van der Waals surface area (Å²) in [5.41, 5.74) is 1.43. The average Bonchev–Trinajstić information content (AvgIpc) is 2.54. The lowest BCUT2D eigenvalue weighted by Gasteiger charge is -2.28. The van der Waals surface area contributed by atoms with Gasteiger partial charge in [-0.15, -0.1) is 0 Å². The molecule has 1 fully saturated rings. The summed E-state index contributed by atoms with van der Waals surface area (Å²) < 4.78 is 17.8. The number of allylic oxidation sites excluding steroid dienone is 1. The fraction of sp³-hybridized carbons (Fsp3) is 0.579. The standard InChI is InChI=1S/C19H27FO/c1-2-3-15-21-19-12-10-18(11-13-19)17-8-6-16(7-9-17)5-4-14-20/h4,10-14,16-17H,2-3,5-9,15H2,1H3/b14-4+. The van der Waals surface area contributed by atoms with Gasteiger partial charge in [0.2, 0.25) is 0 Å². The second-order valence-corrected chi connectivity index (χ2v) is 6.09. The lowest BCUT2D eigenvalue weighted by Crippen LogP contribution is -2.12. The summed E-state index contributed by atoms with van der Waals surface area (Å²) in [5.74, 6) is 2.32. The van der Waals surface area contributed by atoms with Gasteiger partial charge in [0, 0.05) is 0 Å². The maximum absolute atomic E-state index is 12.0. The second kappa shape index (κ2) is 8.86. The van der Waals surface area contributed by atoms with E-state index in [1.165, 1.54) is 37.7 Å². The molecule has 0 unspecified atom stereocenters. The Bertz CT molecular complexity index is 416. The van der Waals surface area contributed by atoms with Crippen molar-refractivity contribution >= 4 is 0 Å². The zero-order valence-corrected chi connectivity index (χ0v) is 13.1. The van der Waals surface area contributed by atoms with Crippen molar-refractivity contribution in [1.82, 2.24) is 0 Å². The molecule has 2 heteroatoms. The van der Waals surface area contributed by atoms with E-state index in [2.05, 4.69) is 31.2 Å². The second-order valence-electron chi connectivity index (χ2n) is 6.09. The molecule has 1 aromatic carbocycles. The topological polar surface area (TPSA) is 9.23 Å². The highest BCUT2D eigenvalue weighted by Gasteiger charge is 2.21. The Morgan fingerprint density at radius 1 is 1.14 bits per heavy atom. The minimum Gasteiger partial charge on any atom is -0.494 e. The predicted octanol–water partition coefficient (Wildman–Crippen LogP) is 6.01. The zero-order chi connectivity index (χ0) is 14.9. The van der Waals surface area contributed by atoms with Crippen molar-refractivity contribution in [2.24, 2.45) is 5.92 Å². The highest BCUT2D eigenvalue weighted by atomic mass is 19.1. The first kappa shape index (κ1) is 16.1. The van der Waals surface area contributed by atoms with Crippen molar-refractivity contribution in [3.05, 3.63) is 42.2 Å². The Kier molecular flexibility index (Phi) is 6.78. The fourth-order valence-electron chi connectivity index (χ4n) is 3.15. The molecule has 0 aromatic heterocycles. The zero-order valence-electron chi connectivity index (χ0n) is 13.1. The van der Waals surface area contributed by atoms with Gasteiger partial charge < -0.3 is 4.74 Å². The number of benzene rings is 1. The molecule has 0 heterocycles. The smallest absolute Gasteiger partial charge is 0.119 e. The van der Waals surface area contributed by atoms with Crippen LogP contribution in [0.1, 0.15) is 63.4 Å². The summed E-state index contributed by atoms with van der Waals surface area (Å²) in [6.07, 6.45) is 10.4. The molecule has 0 aliphatic heterocycles. The quantitative estimate of drug-likeness (QED) is 0.558. The van der Waals surface area contributed by atoms with Crippen LogP contribution in [-0.4, -0.2) is 6.61 Å². The molecule has 1 aliphatic rings. The average molecular weight is 290 g/mol. The molecule has 1 nitrogen and oxygen atoms in total. The van der Waals surface area contributed by atoms with Crippen LogP contribution < -0.4 is 4.74 Å². The first-order chi connectivity index (χ1) is 10.3. The van der Waals surface area contributed by atoms with Crippen LogP contribution in [0.3, 0.4) is 0 Å². The monoisotopic (exact) mass is 290 g/mol. The van der Waals surface area contributed by atoms with E-state index >= 15 is 0 Å². The van der Waals surface area contributed by atoms with Crippen LogP contribution in [0, 0.1) is 5.92 Å². The Labute approximate surface area is 128 Å². The minimum absolute atomic E-state index is 0.667. The number of halogens is 1. The van der Waals surface area contributed by atoms with Crippen LogP contribution in [0.5, 0.6) is 5.75 Å². The van der Waals surface area contributed by atoms with Crippen molar-refractivity contribution in [3.63, 3.8) is 0 Å². The molecule has 0 spiro atoms. The molecule has 0 N–H and O–H groups in total. The Morgan fingerprint density at radius 2 is 1.86 bits per heavy atom. The van der Waals surface area contributed by atoms with Crippen LogP contribution in [-0.2, 0) is 0 Å². The molecule has 21 heavy (non-hydrogen) atoms. The molecule has 0 bridgehead atoms. The van der Waals surface area contributed by atoms with Crippen molar-refractivity contribution < 1.29 is 9.13 Å². The summed E-state index contributed by atoms with van der Waals surface area (Å²) in [6.45, 7) is 2.98. The van der Waals surface area contributed by atoms with E-state index in [4.69, 9.17) is 4.74 Å². The van der Waals surface area contributed by atoms with Gasteiger partial charge in [-0.25, -0.2) is 4.39 Å². The fourth-order valence-corrected chi connectivity index (χ4v) is 3.15. The van der Waals surface area contributed by atoms with Crippen LogP contribution in [0.25, 0.3) is 0 Å². The van der Waals surface area contributed by atoms with Gasteiger partial charge in [0.15, 0.2) is 0 Å². The number of hydrogen-bond donors (Lipinski definition) is 0. The highest BCUT2D eigenvalue weighted by molar-refractivity contribution is 5.29.